The highest BCUT2D eigenvalue weighted by Crippen LogP contribution is 2.47. The quantitative estimate of drug-likeness (QED) is 0.521. The van der Waals surface area contributed by atoms with Gasteiger partial charge >= 0.3 is 12.1 Å². The van der Waals surface area contributed by atoms with Crippen molar-refractivity contribution in [3.63, 3.8) is 0 Å². The molecule has 2 aliphatic rings. The van der Waals surface area contributed by atoms with Crippen LogP contribution in [0.5, 0.6) is 0 Å². The Morgan fingerprint density at radius 2 is 1.71 bits per heavy atom. The lowest BCUT2D eigenvalue weighted by Crippen LogP contribution is -2.34. The number of benzene rings is 2. The van der Waals surface area contributed by atoms with Gasteiger partial charge in [0.1, 0.15) is 6.61 Å². The van der Waals surface area contributed by atoms with Gasteiger partial charge in [-0.2, -0.15) is 0 Å². The molecule has 8 nitrogen and oxygen atoms in total. The van der Waals surface area contributed by atoms with Gasteiger partial charge in [0.2, 0.25) is 0 Å². The molecule has 0 aliphatic heterocycles. The molecule has 35 heavy (non-hydrogen) atoms. The van der Waals surface area contributed by atoms with Crippen LogP contribution in [0, 0.1) is 5.41 Å². The zero-order valence-electron chi connectivity index (χ0n) is 20.2. The van der Waals surface area contributed by atoms with Crippen molar-refractivity contribution in [2.45, 2.75) is 51.0 Å². The molecule has 1 saturated carbocycles. The number of alkyl carbamates (subject to hydrolysis) is 1. The minimum Gasteiger partial charge on any atom is -0.480 e. The van der Waals surface area contributed by atoms with Crippen LogP contribution in [0.1, 0.15) is 62.4 Å². The first-order valence-electron chi connectivity index (χ1n) is 11.9. The molecule has 1 fully saturated rings. The fourth-order valence-electron chi connectivity index (χ4n) is 5.09. The zero-order valence-corrected chi connectivity index (χ0v) is 20.2. The number of carboxylic acid groups (broad SMARTS) is 1. The van der Waals surface area contributed by atoms with Crippen molar-refractivity contribution in [1.29, 1.82) is 0 Å². The Morgan fingerprint density at radius 1 is 1.11 bits per heavy atom. The van der Waals surface area contributed by atoms with Crippen LogP contribution in [0.3, 0.4) is 0 Å². The zero-order chi connectivity index (χ0) is 24.8. The van der Waals surface area contributed by atoms with Gasteiger partial charge in [0.25, 0.3) is 0 Å². The standard InChI is InChI=1S/C27H30N4O4/c1-26(2,3)23(24(32)33)31-14-22(29-30-31)27(12-13-27)16-28-25(34)35-15-21-19-10-6-4-8-17(19)18-9-5-7-11-20(18)21/h4-11,14,21,23H,12-13,15-16H2,1-3H3,(H,28,34)(H,32,33)/t23-/m1/s1. The molecule has 2 aliphatic carbocycles. The van der Waals surface area contributed by atoms with Crippen molar-refractivity contribution in [3.8, 4) is 11.1 Å². The molecule has 1 aromatic heterocycles. The van der Waals surface area contributed by atoms with Crippen molar-refractivity contribution in [3.05, 3.63) is 71.5 Å². The maximum atomic E-state index is 12.6. The Bertz CT molecular complexity index is 1230. The number of carbonyl (C=O) groups excluding carboxylic acids is 1. The summed E-state index contributed by atoms with van der Waals surface area (Å²) in [5.74, 6) is -0.941. The number of fused-ring (bicyclic) bond motifs is 3. The number of rotatable bonds is 7. The molecule has 0 radical (unpaired) electrons. The number of nitrogens with one attached hydrogen (secondary N) is 1. The van der Waals surface area contributed by atoms with E-state index in [1.165, 1.54) is 26.9 Å². The monoisotopic (exact) mass is 474 g/mol. The number of hydrogen-bond acceptors (Lipinski definition) is 5. The normalized spacial score (nSPS) is 16.8. The lowest BCUT2D eigenvalue weighted by molar-refractivity contribution is -0.144. The van der Waals surface area contributed by atoms with Crippen LogP contribution >= 0.6 is 0 Å². The molecule has 1 amide bonds. The SMILES string of the molecule is CC(C)(C)[C@@H](C(=O)O)n1cc(C2(CNC(=O)OCC3c4ccccc4-c4ccccc43)CC2)nn1. The summed E-state index contributed by atoms with van der Waals surface area (Å²) in [6, 6.07) is 15.6. The predicted molar refractivity (Wildman–Crippen MR) is 130 cm³/mol. The summed E-state index contributed by atoms with van der Waals surface area (Å²) in [6.07, 6.45) is 2.94. The van der Waals surface area contributed by atoms with E-state index >= 15 is 0 Å². The number of carboxylic acids is 1. The first kappa shape index (κ1) is 23.1. The summed E-state index contributed by atoms with van der Waals surface area (Å²) < 4.78 is 7.07. The molecule has 0 spiro atoms. The van der Waals surface area contributed by atoms with Crippen LogP contribution in [0.15, 0.2) is 54.7 Å². The van der Waals surface area contributed by atoms with Crippen LogP contribution in [-0.2, 0) is 14.9 Å². The van der Waals surface area contributed by atoms with Crippen LogP contribution in [0.4, 0.5) is 4.79 Å². The first-order valence-corrected chi connectivity index (χ1v) is 11.9. The molecular formula is C27H30N4O4. The van der Waals surface area contributed by atoms with Gasteiger partial charge < -0.3 is 15.2 Å². The topological polar surface area (TPSA) is 106 Å². The van der Waals surface area contributed by atoms with E-state index < -0.39 is 23.5 Å². The average Bonchev–Trinajstić information content (AvgIpc) is 3.33. The molecule has 0 saturated heterocycles. The number of aliphatic carboxylic acids is 1. The molecule has 8 heteroatoms. The second-order valence-electron chi connectivity index (χ2n) is 10.7. The Hall–Kier alpha value is -3.68. The Balaban J connectivity index is 1.22. The highest BCUT2D eigenvalue weighted by atomic mass is 16.5. The lowest BCUT2D eigenvalue weighted by Gasteiger charge is -2.26. The molecule has 0 unspecified atom stereocenters. The van der Waals surface area contributed by atoms with Crippen molar-refractivity contribution in [1.82, 2.24) is 20.3 Å². The van der Waals surface area contributed by atoms with E-state index in [-0.39, 0.29) is 17.9 Å². The van der Waals surface area contributed by atoms with E-state index in [1.54, 1.807) is 6.20 Å². The molecule has 182 valence electrons. The molecular weight excluding hydrogens is 444 g/mol. The molecule has 0 bridgehead atoms. The summed E-state index contributed by atoms with van der Waals surface area (Å²) >= 11 is 0. The van der Waals surface area contributed by atoms with Crippen LogP contribution in [0.2, 0.25) is 0 Å². The summed E-state index contributed by atoms with van der Waals surface area (Å²) in [5, 5.41) is 20.9. The second kappa shape index (κ2) is 8.52. The fourth-order valence-corrected chi connectivity index (χ4v) is 5.09. The number of carbonyl (C=O) groups is 2. The van der Waals surface area contributed by atoms with E-state index in [0.29, 0.717) is 12.2 Å². The van der Waals surface area contributed by atoms with Gasteiger partial charge in [-0.1, -0.05) is 74.5 Å². The highest BCUT2D eigenvalue weighted by Gasteiger charge is 2.48. The maximum absolute atomic E-state index is 12.6. The molecule has 3 aromatic rings. The Kier molecular flexibility index (Phi) is 5.62. The summed E-state index contributed by atoms with van der Waals surface area (Å²) in [5.41, 5.74) is 4.57. The number of hydrogen-bond donors (Lipinski definition) is 2. The van der Waals surface area contributed by atoms with Gasteiger partial charge in [0.15, 0.2) is 6.04 Å². The van der Waals surface area contributed by atoms with E-state index in [9.17, 15) is 14.7 Å². The molecule has 1 atom stereocenters. The third kappa shape index (κ3) is 4.29. The van der Waals surface area contributed by atoms with Crippen molar-refractivity contribution >= 4 is 12.1 Å². The van der Waals surface area contributed by atoms with Gasteiger partial charge in [-0.25, -0.2) is 14.3 Å². The number of ether oxygens (including phenoxy) is 1. The van der Waals surface area contributed by atoms with Gasteiger partial charge in [-0.05, 0) is 40.5 Å². The molecule has 1 heterocycles. The minimum atomic E-state index is -0.949. The van der Waals surface area contributed by atoms with E-state index in [1.807, 2.05) is 45.0 Å². The first-order chi connectivity index (χ1) is 16.7. The predicted octanol–water partition coefficient (Wildman–Crippen LogP) is 4.52. The maximum Gasteiger partial charge on any atom is 0.407 e. The van der Waals surface area contributed by atoms with Crippen molar-refractivity contribution < 1.29 is 19.4 Å². The number of nitrogens with zero attached hydrogens (tertiary/aromatic N) is 3. The van der Waals surface area contributed by atoms with Gasteiger partial charge in [-0.15, -0.1) is 5.10 Å². The van der Waals surface area contributed by atoms with Gasteiger partial charge in [0.05, 0.1) is 11.9 Å². The van der Waals surface area contributed by atoms with Gasteiger partial charge in [0, 0.05) is 17.9 Å². The van der Waals surface area contributed by atoms with Crippen molar-refractivity contribution in [2.24, 2.45) is 5.41 Å². The minimum absolute atomic E-state index is 0.00767. The van der Waals surface area contributed by atoms with Crippen molar-refractivity contribution in [2.75, 3.05) is 13.2 Å². The second-order valence-corrected chi connectivity index (χ2v) is 10.7. The fraction of sp³-hybridized carbons (Fsp3) is 0.407. The largest absolute Gasteiger partial charge is 0.480 e. The molecule has 2 N–H and O–H groups in total. The average molecular weight is 475 g/mol. The smallest absolute Gasteiger partial charge is 0.407 e. The van der Waals surface area contributed by atoms with Crippen LogP contribution in [-0.4, -0.2) is 45.3 Å². The van der Waals surface area contributed by atoms with Crippen LogP contribution in [0.25, 0.3) is 11.1 Å². The summed E-state index contributed by atoms with van der Waals surface area (Å²) in [6.45, 7) is 6.21. The molecule has 5 rings (SSSR count). The molecule has 2 aromatic carbocycles. The number of aromatic nitrogens is 3. The highest BCUT2D eigenvalue weighted by molar-refractivity contribution is 5.79. The third-order valence-corrected chi connectivity index (χ3v) is 7.14. The van der Waals surface area contributed by atoms with Crippen LogP contribution < -0.4 is 5.32 Å². The summed E-state index contributed by atoms with van der Waals surface area (Å²) in [7, 11) is 0. The third-order valence-electron chi connectivity index (χ3n) is 7.14. The summed E-state index contributed by atoms with van der Waals surface area (Å²) in [4.78, 5) is 24.4. The lowest BCUT2D eigenvalue weighted by atomic mass is 9.87. The Labute approximate surface area is 204 Å². The van der Waals surface area contributed by atoms with E-state index in [0.717, 1.165) is 12.8 Å². The Morgan fingerprint density at radius 3 is 2.26 bits per heavy atom. The van der Waals surface area contributed by atoms with E-state index in [2.05, 4.69) is 39.9 Å². The number of amides is 1. The van der Waals surface area contributed by atoms with Gasteiger partial charge in [-0.3, -0.25) is 0 Å². The van der Waals surface area contributed by atoms with E-state index in [4.69, 9.17) is 4.74 Å².